The molecule has 0 bridgehead atoms. The van der Waals surface area contributed by atoms with Crippen molar-refractivity contribution in [1.82, 2.24) is 5.32 Å². The number of nitriles is 1. The Balaban J connectivity index is 1.98. The molecule has 0 aromatic heterocycles. The summed E-state index contributed by atoms with van der Waals surface area (Å²) in [5, 5.41) is 15.5. The van der Waals surface area contributed by atoms with Crippen molar-refractivity contribution in [2.24, 2.45) is 0 Å². The predicted octanol–water partition coefficient (Wildman–Crippen LogP) is 4.65. The number of amides is 1. The van der Waals surface area contributed by atoms with Crippen molar-refractivity contribution in [2.45, 2.75) is 19.4 Å². The molecule has 2 aromatic rings. The second-order valence-corrected chi connectivity index (χ2v) is 6.60. The summed E-state index contributed by atoms with van der Waals surface area (Å²) in [5.74, 6) is -0.218. The molecular formula is C18H17BrClN3O. The summed E-state index contributed by atoms with van der Waals surface area (Å²) in [7, 11) is 0. The van der Waals surface area contributed by atoms with Gasteiger partial charge in [0, 0.05) is 15.5 Å². The van der Waals surface area contributed by atoms with Crippen molar-refractivity contribution in [2.75, 3.05) is 11.9 Å². The molecule has 0 heterocycles. The highest BCUT2D eigenvalue weighted by Crippen LogP contribution is 2.21. The molecule has 0 aliphatic rings. The maximum absolute atomic E-state index is 12.2. The van der Waals surface area contributed by atoms with Gasteiger partial charge in [0.1, 0.15) is 6.07 Å². The van der Waals surface area contributed by atoms with Crippen molar-refractivity contribution in [3.8, 4) is 6.07 Å². The zero-order valence-corrected chi connectivity index (χ0v) is 15.5. The fourth-order valence-corrected chi connectivity index (χ4v) is 2.76. The molecule has 2 rings (SSSR count). The van der Waals surface area contributed by atoms with Crippen LogP contribution in [0, 0.1) is 11.3 Å². The lowest BCUT2D eigenvalue weighted by Gasteiger charge is -2.17. The van der Waals surface area contributed by atoms with Gasteiger partial charge in [0.2, 0.25) is 5.91 Å². The Morgan fingerprint density at radius 3 is 2.62 bits per heavy atom. The zero-order chi connectivity index (χ0) is 17.5. The third-order valence-electron chi connectivity index (χ3n) is 3.57. The van der Waals surface area contributed by atoms with Crippen molar-refractivity contribution < 1.29 is 4.79 Å². The van der Waals surface area contributed by atoms with Gasteiger partial charge in [-0.05, 0) is 42.3 Å². The summed E-state index contributed by atoms with van der Waals surface area (Å²) in [6.45, 7) is 2.20. The number of benzene rings is 2. The van der Waals surface area contributed by atoms with Crippen molar-refractivity contribution >= 4 is 39.1 Å². The molecule has 6 heteroatoms. The average Bonchev–Trinajstić information content (AvgIpc) is 2.57. The van der Waals surface area contributed by atoms with Crippen LogP contribution in [0.15, 0.2) is 46.9 Å². The van der Waals surface area contributed by atoms with Gasteiger partial charge in [-0.25, -0.2) is 0 Å². The van der Waals surface area contributed by atoms with E-state index >= 15 is 0 Å². The largest absolute Gasteiger partial charge is 0.324 e. The van der Waals surface area contributed by atoms with Crippen molar-refractivity contribution in [3.63, 3.8) is 0 Å². The summed E-state index contributed by atoms with van der Waals surface area (Å²) < 4.78 is 1.02. The molecule has 0 unspecified atom stereocenters. The number of hydrogen-bond acceptors (Lipinski definition) is 3. The Kier molecular flexibility index (Phi) is 6.80. The number of nitrogens with one attached hydrogen (secondary N) is 2. The van der Waals surface area contributed by atoms with Crippen LogP contribution >= 0.6 is 27.5 Å². The summed E-state index contributed by atoms with van der Waals surface area (Å²) >= 11 is 9.33. The van der Waals surface area contributed by atoms with E-state index in [0.717, 1.165) is 16.5 Å². The van der Waals surface area contributed by atoms with Crippen LogP contribution in [0.25, 0.3) is 0 Å². The Morgan fingerprint density at radius 2 is 2.00 bits per heavy atom. The molecule has 0 aliphatic carbocycles. The maximum atomic E-state index is 12.2. The Morgan fingerprint density at radius 1 is 1.29 bits per heavy atom. The minimum atomic E-state index is -0.218. The molecule has 2 N–H and O–H groups in total. The van der Waals surface area contributed by atoms with Gasteiger partial charge in [0.15, 0.2) is 0 Å². The molecule has 2 aromatic carbocycles. The van der Waals surface area contributed by atoms with Gasteiger partial charge in [0.25, 0.3) is 0 Å². The summed E-state index contributed by atoms with van der Waals surface area (Å²) in [5.41, 5.74) is 1.93. The fraction of sp³-hybridized carbons (Fsp3) is 0.222. The van der Waals surface area contributed by atoms with Gasteiger partial charge in [0.05, 0.1) is 17.8 Å². The lowest BCUT2D eigenvalue weighted by atomic mass is 10.0. The topological polar surface area (TPSA) is 64.9 Å². The van der Waals surface area contributed by atoms with Crippen LogP contribution in [-0.2, 0) is 4.79 Å². The number of nitrogens with zero attached hydrogens (tertiary/aromatic N) is 1. The van der Waals surface area contributed by atoms with Gasteiger partial charge < -0.3 is 10.6 Å². The van der Waals surface area contributed by atoms with Crippen LogP contribution in [0.3, 0.4) is 0 Å². The second kappa shape index (κ2) is 8.84. The first-order valence-electron chi connectivity index (χ1n) is 7.51. The van der Waals surface area contributed by atoms with Gasteiger partial charge in [-0.2, -0.15) is 5.26 Å². The van der Waals surface area contributed by atoms with Crippen LogP contribution in [-0.4, -0.2) is 12.5 Å². The monoisotopic (exact) mass is 405 g/mol. The van der Waals surface area contributed by atoms with E-state index in [4.69, 9.17) is 16.9 Å². The zero-order valence-electron chi connectivity index (χ0n) is 13.1. The maximum Gasteiger partial charge on any atom is 0.238 e. The molecule has 4 nitrogen and oxygen atoms in total. The van der Waals surface area contributed by atoms with Gasteiger partial charge in [-0.15, -0.1) is 0 Å². The summed E-state index contributed by atoms with van der Waals surface area (Å²) in [6.07, 6.45) is 0.857. The molecule has 24 heavy (non-hydrogen) atoms. The van der Waals surface area contributed by atoms with E-state index in [1.165, 1.54) is 0 Å². The smallest absolute Gasteiger partial charge is 0.238 e. The predicted molar refractivity (Wildman–Crippen MR) is 100.0 cm³/mol. The van der Waals surface area contributed by atoms with Crippen molar-refractivity contribution in [3.05, 3.63) is 63.1 Å². The van der Waals surface area contributed by atoms with E-state index in [1.807, 2.05) is 30.3 Å². The quantitative estimate of drug-likeness (QED) is 0.733. The van der Waals surface area contributed by atoms with Gasteiger partial charge >= 0.3 is 0 Å². The lowest BCUT2D eigenvalue weighted by Crippen LogP contribution is -2.31. The van der Waals surface area contributed by atoms with Crippen LogP contribution in [0.1, 0.15) is 30.5 Å². The van der Waals surface area contributed by atoms with E-state index in [-0.39, 0.29) is 18.5 Å². The second-order valence-electron chi connectivity index (χ2n) is 5.24. The fourth-order valence-electron chi connectivity index (χ4n) is 2.32. The van der Waals surface area contributed by atoms with Crippen LogP contribution in [0.5, 0.6) is 0 Å². The van der Waals surface area contributed by atoms with Gasteiger partial charge in [-0.3, -0.25) is 4.79 Å². The number of halogens is 2. The van der Waals surface area contributed by atoms with E-state index in [0.29, 0.717) is 16.3 Å². The van der Waals surface area contributed by atoms with Crippen molar-refractivity contribution in [1.29, 1.82) is 5.26 Å². The number of rotatable bonds is 6. The summed E-state index contributed by atoms with van der Waals surface area (Å²) in [4.78, 5) is 12.2. The molecule has 0 fully saturated rings. The molecule has 0 saturated carbocycles. The number of carbonyl (C=O) groups is 1. The van der Waals surface area contributed by atoms with Crippen LogP contribution in [0.4, 0.5) is 5.69 Å². The van der Waals surface area contributed by atoms with E-state index in [2.05, 4.69) is 33.5 Å². The molecule has 1 atom stereocenters. The normalized spacial score (nSPS) is 11.6. The first-order valence-corrected chi connectivity index (χ1v) is 8.69. The molecule has 0 radical (unpaired) electrons. The van der Waals surface area contributed by atoms with E-state index < -0.39 is 0 Å². The standard InChI is InChI=1S/C18H17BrClN3O/c1-2-16(12-3-6-14(19)7-4-12)22-11-18(24)23-17-9-15(20)8-5-13(17)10-21/h3-9,16,22H,2,11H2,1H3,(H,23,24)/t16-/m0/s1. The highest BCUT2D eigenvalue weighted by molar-refractivity contribution is 9.10. The third kappa shape index (κ3) is 5.07. The highest BCUT2D eigenvalue weighted by atomic mass is 79.9. The Bertz CT molecular complexity index is 756. The first-order chi connectivity index (χ1) is 11.5. The van der Waals surface area contributed by atoms with E-state index in [9.17, 15) is 4.79 Å². The minimum absolute atomic E-state index is 0.0821. The van der Waals surface area contributed by atoms with Gasteiger partial charge in [-0.1, -0.05) is 46.6 Å². The number of hydrogen-bond donors (Lipinski definition) is 2. The molecule has 124 valence electrons. The first kappa shape index (κ1) is 18.5. The molecule has 0 aliphatic heterocycles. The molecule has 0 spiro atoms. The SMILES string of the molecule is CC[C@H](NCC(=O)Nc1cc(Cl)ccc1C#N)c1ccc(Br)cc1. The number of carbonyl (C=O) groups excluding carboxylic acids is 1. The lowest BCUT2D eigenvalue weighted by molar-refractivity contribution is -0.115. The number of anilines is 1. The Labute approximate surface area is 155 Å². The molecular weight excluding hydrogens is 390 g/mol. The minimum Gasteiger partial charge on any atom is -0.324 e. The van der Waals surface area contributed by atoms with Crippen LogP contribution < -0.4 is 10.6 Å². The summed E-state index contributed by atoms with van der Waals surface area (Å²) in [6, 6.07) is 14.9. The Hall–Kier alpha value is -1.87. The molecule has 0 saturated heterocycles. The molecule has 1 amide bonds. The highest BCUT2D eigenvalue weighted by Gasteiger charge is 2.12. The third-order valence-corrected chi connectivity index (χ3v) is 4.33. The van der Waals surface area contributed by atoms with Crippen LogP contribution in [0.2, 0.25) is 5.02 Å². The van der Waals surface area contributed by atoms with E-state index in [1.54, 1.807) is 18.2 Å². The average molecular weight is 407 g/mol.